The Bertz CT molecular complexity index is 358. The Kier molecular flexibility index (Phi) is 5.21. The van der Waals surface area contributed by atoms with E-state index in [-0.39, 0.29) is 5.91 Å². The van der Waals surface area contributed by atoms with E-state index in [1.54, 1.807) is 0 Å². The van der Waals surface area contributed by atoms with Gasteiger partial charge in [0.2, 0.25) is 5.91 Å². The number of benzene rings is 1. The first-order valence-electron chi connectivity index (χ1n) is 6.88. The molecule has 1 aromatic rings. The van der Waals surface area contributed by atoms with Crippen molar-refractivity contribution in [3.8, 4) is 0 Å². The minimum absolute atomic E-state index is 0.134. The summed E-state index contributed by atoms with van der Waals surface area (Å²) < 4.78 is 0. The minimum atomic E-state index is 0.134. The van der Waals surface area contributed by atoms with E-state index in [4.69, 9.17) is 0 Å². The molecule has 0 saturated heterocycles. The third kappa shape index (κ3) is 4.49. The van der Waals surface area contributed by atoms with Crippen LogP contribution in [0.2, 0.25) is 0 Å². The number of carbonyl (C=O) groups is 1. The molecule has 1 amide bonds. The van der Waals surface area contributed by atoms with Crippen molar-refractivity contribution in [1.29, 1.82) is 0 Å². The van der Waals surface area contributed by atoms with Crippen LogP contribution in [0.25, 0.3) is 0 Å². The largest absolute Gasteiger partial charge is 0.352 e. The Balaban J connectivity index is 1.56. The van der Waals surface area contributed by atoms with E-state index in [0.29, 0.717) is 12.6 Å². The van der Waals surface area contributed by atoms with Crippen molar-refractivity contribution in [2.45, 2.75) is 38.1 Å². The lowest BCUT2D eigenvalue weighted by Crippen LogP contribution is -2.39. The highest BCUT2D eigenvalue weighted by atomic mass is 16.1. The van der Waals surface area contributed by atoms with Gasteiger partial charge in [0.1, 0.15) is 0 Å². The zero-order valence-corrected chi connectivity index (χ0v) is 10.8. The summed E-state index contributed by atoms with van der Waals surface area (Å²) in [6, 6.07) is 10.8. The van der Waals surface area contributed by atoms with Gasteiger partial charge in [-0.2, -0.15) is 0 Å². The second-order valence-corrected chi connectivity index (χ2v) is 4.96. The molecule has 1 aliphatic rings. The molecule has 98 valence electrons. The van der Waals surface area contributed by atoms with E-state index in [9.17, 15) is 4.79 Å². The lowest BCUT2D eigenvalue weighted by atomic mass is 10.1. The quantitative estimate of drug-likeness (QED) is 0.752. The third-order valence-corrected chi connectivity index (χ3v) is 3.44. The molecule has 2 rings (SSSR count). The predicted molar refractivity (Wildman–Crippen MR) is 73.4 cm³/mol. The third-order valence-electron chi connectivity index (χ3n) is 3.44. The fourth-order valence-electron chi connectivity index (χ4n) is 2.43. The molecular weight excluding hydrogens is 224 g/mol. The second-order valence-electron chi connectivity index (χ2n) is 4.96. The molecule has 0 aliphatic heterocycles. The molecule has 0 unspecified atom stereocenters. The topological polar surface area (TPSA) is 41.1 Å². The smallest absolute Gasteiger partial charge is 0.234 e. The van der Waals surface area contributed by atoms with Crippen molar-refractivity contribution in [3.63, 3.8) is 0 Å². The van der Waals surface area contributed by atoms with Crippen LogP contribution in [0.3, 0.4) is 0 Å². The highest BCUT2D eigenvalue weighted by Crippen LogP contribution is 2.17. The highest BCUT2D eigenvalue weighted by Gasteiger charge is 2.16. The van der Waals surface area contributed by atoms with Crippen LogP contribution in [-0.2, 0) is 11.2 Å². The second kappa shape index (κ2) is 7.17. The monoisotopic (exact) mass is 246 g/mol. The Morgan fingerprint density at radius 3 is 2.61 bits per heavy atom. The van der Waals surface area contributed by atoms with Gasteiger partial charge in [-0.3, -0.25) is 4.79 Å². The maximum atomic E-state index is 11.6. The summed E-state index contributed by atoms with van der Waals surface area (Å²) >= 11 is 0. The van der Waals surface area contributed by atoms with E-state index in [1.807, 2.05) is 18.2 Å². The summed E-state index contributed by atoms with van der Waals surface area (Å²) in [6.07, 6.45) is 5.78. The summed E-state index contributed by atoms with van der Waals surface area (Å²) in [7, 11) is 0. The number of hydrogen-bond acceptors (Lipinski definition) is 2. The van der Waals surface area contributed by atoms with Crippen LogP contribution in [0, 0.1) is 0 Å². The Morgan fingerprint density at radius 2 is 1.89 bits per heavy atom. The molecule has 0 heterocycles. The summed E-state index contributed by atoms with van der Waals surface area (Å²) in [5, 5.41) is 6.27. The molecular formula is C15H22N2O. The normalized spacial score (nSPS) is 15.8. The van der Waals surface area contributed by atoms with E-state index < -0.39 is 0 Å². The van der Waals surface area contributed by atoms with Gasteiger partial charge in [-0.1, -0.05) is 43.2 Å². The number of amides is 1. The average molecular weight is 246 g/mol. The van der Waals surface area contributed by atoms with Gasteiger partial charge in [0.25, 0.3) is 0 Å². The van der Waals surface area contributed by atoms with Crippen LogP contribution in [0.5, 0.6) is 0 Å². The predicted octanol–water partition coefficient (Wildman–Crippen LogP) is 1.88. The summed E-state index contributed by atoms with van der Waals surface area (Å²) in [5.41, 5.74) is 1.31. The van der Waals surface area contributed by atoms with Crippen molar-refractivity contribution < 1.29 is 4.79 Å². The zero-order valence-electron chi connectivity index (χ0n) is 10.8. The molecule has 0 aromatic heterocycles. The summed E-state index contributed by atoms with van der Waals surface area (Å²) in [6.45, 7) is 1.28. The summed E-state index contributed by atoms with van der Waals surface area (Å²) in [4.78, 5) is 11.6. The number of carbonyl (C=O) groups excluding carboxylic acids is 1. The number of rotatable bonds is 6. The molecule has 1 aromatic carbocycles. The van der Waals surface area contributed by atoms with E-state index in [1.165, 1.54) is 18.4 Å². The van der Waals surface area contributed by atoms with Crippen molar-refractivity contribution >= 4 is 5.91 Å². The van der Waals surface area contributed by atoms with Gasteiger partial charge in [-0.25, -0.2) is 0 Å². The first-order chi connectivity index (χ1) is 8.84. The van der Waals surface area contributed by atoms with E-state index in [0.717, 1.165) is 25.8 Å². The first kappa shape index (κ1) is 13.1. The Hall–Kier alpha value is -1.35. The molecule has 1 saturated carbocycles. The van der Waals surface area contributed by atoms with Crippen LogP contribution in [0.4, 0.5) is 0 Å². The first-order valence-corrected chi connectivity index (χ1v) is 6.88. The fourth-order valence-corrected chi connectivity index (χ4v) is 2.43. The van der Waals surface area contributed by atoms with Crippen LogP contribution in [0.15, 0.2) is 30.3 Å². The molecule has 0 radical (unpaired) electrons. The maximum Gasteiger partial charge on any atom is 0.234 e. The number of nitrogens with one attached hydrogen (secondary N) is 2. The summed E-state index contributed by atoms with van der Waals surface area (Å²) in [5.74, 6) is 0.134. The van der Waals surface area contributed by atoms with Gasteiger partial charge in [0, 0.05) is 6.04 Å². The number of hydrogen-bond donors (Lipinski definition) is 2. The zero-order chi connectivity index (χ0) is 12.6. The molecule has 1 fully saturated rings. The minimum Gasteiger partial charge on any atom is -0.352 e. The van der Waals surface area contributed by atoms with Crippen molar-refractivity contribution in [2.24, 2.45) is 0 Å². The molecule has 2 N–H and O–H groups in total. The van der Waals surface area contributed by atoms with Crippen LogP contribution in [0.1, 0.15) is 31.2 Å². The lowest BCUT2D eigenvalue weighted by Gasteiger charge is -2.12. The molecule has 3 heteroatoms. The molecule has 3 nitrogen and oxygen atoms in total. The van der Waals surface area contributed by atoms with Crippen LogP contribution >= 0.6 is 0 Å². The van der Waals surface area contributed by atoms with Crippen LogP contribution in [-0.4, -0.2) is 25.0 Å². The van der Waals surface area contributed by atoms with Crippen molar-refractivity contribution in [2.75, 3.05) is 13.1 Å². The van der Waals surface area contributed by atoms with Gasteiger partial charge in [0.15, 0.2) is 0 Å². The molecule has 1 aliphatic carbocycles. The molecule has 0 atom stereocenters. The highest BCUT2D eigenvalue weighted by molar-refractivity contribution is 5.78. The standard InChI is InChI=1S/C15H22N2O/c18-15(17-14-8-4-5-9-14)12-16-11-10-13-6-2-1-3-7-13/h1-3,6-7,14,16H,4-5,8-12H2,(H,17,18). The Labute approximate surface area is 109 Å². The average Bonchev–Trinajstić information content (AvgIpc) is 2.89. The molecule has 0 spiro atoms. The Morgan fingerprint density at radius 1 is 1.17 bits per heavy atom. The van der Waals surface area contributed by atoms with Gasteiger partial charge in [0.05, 0.1) is 6.54 Å². The van der Waals surface area contributed by atoms with Gasteiger partial charge < -0.3 is 10.6 Å². The SMILES string of the molecule is O=C(CNCCc1ccccc1)NC1CCCC1. The fraction of sp³-hybridized carbons (Fsp3) is 0.533. The molecule has 0 bridgehead atoms. The van der Waals surface area contributed by atoms with Gasteiger partial charge in [-0.05, 0) is 31.4 Å². The van der Waals surface area contributed by atoms with Crippen molar-refractivity contribution in [1.82, 2.24) is 10.6 Å². The van der Waals surface area contributed by atoms with Gasteiger partial charge >= 0.3 is 0 Å². The lowest BCUT2D eigenvalue weighted by molar-refractivity contribution is -0.120. The maximum absolute atomic E-state index is 11.6. The van der Waals surface area contributed by atoms with E-state index in [2.05, 4.69) is 22.8 Å². The van der Waals surface area contributed by atoms with E-state index >= 15 is 0 Å². The van der Waals surface area contributed by atoms with Gasteiger partial charge in [-0.15, -0.1) is 0 Å². The van der Waals surface area contributed by atoms with Crippen molar-refractivity contribution in [3.05, 3.63) is 35.9 Å². The van der Waals surface area contributed by atoms with Crippen LogP contribution < -0.4 is 10.6 Å². The molecule has 18 heavy (non-hydrogen) atoms.